The molecule has 132 valence electrons. The molecule has 0 bridgehead atoms. The maximum absolute atomic E-state index is 12.3. The van der Waals surface area contributed by atoms with Crippen molar-refractivity contribution in [3.8, 4) is 0 Å². The number of amides is 2. The molecular formula is C18H26ClN3O2. The van der Waals surface area contributed by atoms with Crippen LogP contribution in [-0.4, -0.2) is 35.8 Å². The van der Waals surface area contributed by atoms with Crippen molar-refractivity contribution in [2.75, 3.05) is 18.4 Å². The molecule has 3 rings (SSSR count). The van der Waals surface area contributed by atoms with Crippen molar-refractivity contribution in [1.29, 1.82) is 0 Å². The molecule has 1 saturated heterocycles. The van der Waals surface area contributed by atoms with Gasteiger partial charge in [0.05, 0.1) is 0 Å². The van der Waals surface area contributed by atoms with Crippen molar-refractivity contribution in [3.05, 3.63) is 29.8 Å². The third-order valence-corrected chi connectivity index (χ3v) is 4.88. The standard InChI is InChI=1S/C18H25N3O2.ClH/c19-15-5-3-4-14(12-15)17(22)20-16-8-6-13(7-9-16)18(23)21-10-1-2-11-21;/h6-9,14-15H,1-5,10-12,19H2,(H,20,22);1H. The Morgan fingerprint density at radius 2 is 1.71 bits per heavy atom. The van der Waals surface area contributed by atoms with Crippen molar-refractivity contribution >= 4 is 29.9 Å². The highest BCUT2D eigenvalue weighted by molar-refractivity contribution is 5.96. The summed E-state index contributed by atoms with van der Waals surface area (Å²) in [6.07, 6.45) is 5.87. The largest absolute Gasteiger partial charge is 0.339 e. The Morgan fingerprint density at radius 1 is 1.04 bits per heavy atom. The van der Waals surface area contributed by atoms with E-state index in [1.807, 2.05) is 17.0 Å². The normalized spacial score (nSPS) is 23.5. The van der Waals surface area contributed by atoms with E-state index in [0.717, 1.165) is 57.3 Å². The molecule has 2 unspecified atom stereocenters. The van der Waals surface area contributed by atoms with E-state index >= 15 is 0 Å². The van der Waals surface area contributed by atoms with Gasteiger partial charge in [-0.05, 0) is 56.4 Å². The molecular weight excluding hydrogens is 326 g/mol. The van der Waals surface area contributed by atoms with Gasteiger partial charge in [-0.15, -0.1) is 12.4 Å². The molecule has 1 aliphatic carbocycles. The molecule has 1 aliphatic heterocycles. The molecule has 0 radical (unpaired) electrons. The Labute approximate surface area is 149 Å². The molecule has 2 fully saturated rings. The van der Waals surface area contributed by atoms with Crippen LogP contribution in [0.5, 0.6) is 0 Å². The Balaban J connectivity index is 0.00000208. The maximum atomic E-state index is 12.3. The quantitative estimate of drug-likeness (QED) is 0.879. The van der Waals surface area contributed by atoms with Crippen LogP contribution in [0, 0.1) is 5.92 Å². The minimum atomic E-state index is 0. The zero-order valence-corrected chi connectivity index (χ0v) is 14.7. The van der Waals surface area contributed by atoms with E-state index in [1.54, 1.807) is 12.1 Å². The summed E-state index contributed by atoms with van der Waals surface area (Å²) in [4.78, 5) is 26.5. The van der Waals surface area contributed by atoms with Crippen molar-refractivity contribution in [2.24, 2.45) is 11.7 Å². The predicted octanol–water partition coefficient (Wildman–Crippen LogP) is 2.80. The average molecular weight is 352 g/mol. The van der Waals surface area contributed by atoms with E-state index in [4.69, 9.17) is 5.73 Å². The molecule has 2 atom stereocenters. The van der Waals surface area contributed by atoms with Gasteiger partial charge in [0, 0.05) is 36.3 Å². The van der Waals surface area contributed by atoms with Gasteiger partial charge in [-0.25, -0.2) is 0 Å². The summed E-state index contributed by atoms with van der Waals surface area (Å²) in [5.41, 5.74) is 7.37. The molecule has 3 N–H and O–H groups in total. The van der Waals surface area contributed by atoms with Crippen LogP contribution >= 0.6 is 12.4 Å². The van der Waals surface area contributed by atoms with Crippen LogP contribution in [0.15, 0.2) is 24.3 Å². The fourth-order valence-corrected chi connectivity index (χ4v) is 3.51. The lowest BCUT2D eigenvalue weighted by Crippen LogP contribution is -2.34. The minimum absolute atomic E-state index is 0. The zero-order valence-electron chi connectivity index (χ0n) is 13.9. The Bertz CT molecular complexity index is 570. The first-order valence-corrected chi connectivity index (χ1v) is 8.59. The van der Waals surface area contributed by atoms with Gasteiger partial charge < -0.3 is 16.0 Å². The fourth-order valence-electron chi connectivity index (χ4n) is 3.51. The summed E-state index contributed by atoms with van der Waals surface area (Å²) in [6.45, 7) is 1.69. The summed E-state index contributed by atoms with van der Waals surface area (Å²) in [7, 11) is 0. The molecule has 5 nitrogen and oxygen atoms in total. The Morgan fingerprint density at radius 3 is 2.33 bits per heavy atom. The number of hydrogen-bond acceptors (Lipinski definition) is 3. The fraction of sp³-hybridized carbons (Fsp3) is 0.556. The van der Waals surface area contributed by atoms with Crippen LogP contribution in [0.25, 0.3) is 0 Å². The first-order valence-electron chi connectivity index (χ1n) is 8.59. The van der Waals surface area contributed by atoms with Gasteiger partial charge in [-0.2, -0.15) is 0 Å². The SMILES string of the molecule is Cl.NC1CCCC(C(=O)Nc2ccc(C(=O)N3CCCC3)cc2)C1. The van der Waals surface area contributed by atoms with Crippen molar-refractivity contribution in [1.82, 2.24) is 4.90 Å². The number of nitrogens with two attached hydrogens (primary N) is 1. The number of halogens is 1. The van der Waals surface area contributed by atoms with Crippen LogP contribution in [0.3, 0.4) is 0 Å². The summed E-state index contributed by atoms with van der Waals surface area (Å²) in [6, 6.07) is 7.35. The molecule has 2 aliphatic rings. The number of hydrogen-bond donors (Lipinski definition) is 2. The minimum Gasteiger partial charge on any atom is -0.339 e. The third kappa shape index (κ3) is 4.48. The molecule has 2 amide bonds. The summed E-state index contributed by atoms with van der Waals surface area (Å²) in [5.74, 6) is 0.127. The van der Waals surface area contributed by atoms with Gasteiger partial charge in [0.1, 0.15) is 0 Å². The monoisotopic (exact) mass is 351 g/mol. The Kier molecular flexibility index (Phi) is 6.63. The zero-order chi connectivity index (χ0) is 16.2. The average Bonchev–Trinajstić information content (AvgIpc) is 3.09. The molecule has 6 heteroatoms. The van der Waals surface area contributed by atoms with Crippen molar-refractivity contribution in [2.45, 2.75) is 44.6 Å². The van der Waals surface area contributed by atoms with Gasteiger partial charge in [0.25, 0.3) is 5.91 Å². The topological polar surface area (TPSA) is 75.4 Å². The highest BCUT2D eigenvalue weighted by Gasteiger charge is 2.25. The number of rotatable bonds is 3. The third-order valence-electron chi connectivity index (χ3n) is 4.88. The molecule has 1 aromatic carbocycles. The number of nitrogens with zero attached hydrogens (tertiary/aromatic N) is 1. The van der Waals surface area contributed by atoms with Gasteiger partial charge >= 0.3 is 0 Å². The van der Waals surface area contributed by atoms with E-state index in [0.29, 0.717) is 5.56 Å². The van der Waals surface area contributed by atoms with Crippen LogP contribution in [0.4, 0.5) is 5.69 Å². The van der Waals surface area contributed by atoms with Crippen molar-refractivity contribution < 1.29 is 9.59 Å². The second-order valence-electron chi connectivity index (χ2n) is 6.69. The van der Waals surface area contributed by atoms with E-state index < -0.39 is 0 Å². The van der Waals surface area contributed by atoms with E-state index in [2.05, 4.69) is 5.32 Å². The van der Waals surface area contributed by atoms with E-state index in [9.17, 15) is 9.59 Å². The number of nitrogens with one attached hydrogen (secondary N) is 1. The Hall–Kier alpha value is -1.59. The summed E-state index contributed by atoms with van der Waals surface area (Å²) < 4.78 is 0. The van der Waals surface area contributed by atoms with Crippen LogP contribution in [-0.2, 0) is 4.79 Å². The van der Waals surface area contributed by atoms with Crippen LogP contribution in [0.1, 0.15) is 48.9 Å². The second-order valence-corrected chi connectivity index (χ2v) is 6.69. The lowest BCUT2D eigenvalue weighted by molar-refractivity contribution is -0.120. The maximum Gasteiger partial charge on any atom is 0.253 e. The van der Waals surface area contributed by atoms with E-state index in [1.165, 1.54) is 0 Å². The summed E-state index contributed by atoms with van der Waals surface area (Å²) in [5, 5.41) is 2.95. The predicted molar refractivity (Wildman–Crippen MR) is 97.4 cm³/mol. The first kappa shape index (κ1) is 18.7. The molecule has 1 saturated carbocycles. The van der Waals surface area contributed by atoms with Crippen LogP contribution < -0.4 is 11.1 Å². The van der Waals surface area contributed by atoms with Gasteiger partial charge in [0.15, 0.2) is 0 Å². The first-order chi connectivity index (χ1) is 11.1. The number of carbonyl (C=O) groups is 2. The van der Waals surface area contributed by atoms with Gasteiger partial charge in [-0.3, -0.25) is 9.59 Å². The summed E-state index contributed by atoms with van der Waals surface area (Å²) >= 11 is 0. The van der Waals surface area contributed by atoms with Gasteiger partial charge in [0.2, 0.25) is 5.91 Å². The second kappa shape index (κ2) is 8.49. The molecule has 0 aromatic heterocycles. The lowest BCUT2D eigenvalue weighted by Gasteiger charge is -2.25. The molecule has 1 aromatic rings. The lowest BCUT2D eigenvalue weighted by atomic mass is 9.85. The molecule has 0 spiro atoms. The molecule has 24 heavy (non-hydrogen) atoms. The smallest absolute Gasteiger partial charge is 0.253 e. The van der Waals surface area contributed by atoms with Crippen molar-refractivity contribution in [3.63, 3.8) is 0 Å². The highest BCUT2D eigenvalue weighted by atomic mass is 35.5. The number of benzene rings is 1. The van der Waals surface area contributed by atoms with Crippen LogP contribution in [0.2, 0.25) is 0 Å². The number of likely N-dealkylation sites (tertiary alicyclic amines) is 1. The molecule has 1 heterocycles. The van der Waals surface area contributed by atoms with Gasteiger partial charge in [-0.1, -0.05) is 6.42 Å². The van der Waals surface area contributed by atoms with E-state index in [-0.39, 0.29) is 36.2 Å². The number of anilines is 1. The highest BCUT2D eigenvalue weighted by Crippen LogP contribution is 2.24. The number of carbonyl (C=O) groups excluding carboxylic acids is 2.